The fraction of sp³-hybridized carbons (Fsp3) is 0.214. The molecule has 110 valence electrons. The van der Waals surface area contributed by atoms with Gasteiger partial charge in [-0.2, -0.15) is 0 Å². The molecule has 0 saturated carbocycles. The summed E-state index contributed by atoms with van der Waals surface area (Å²) in [6, 6.07) is 5.14. The molecule has 0 spiro atoms. The molecule has 1 heterocycles. The van der Waals surface area contributed by atoms with Gasteiger partial charge in [-0.3, -0.25) is 9.59 Å². The molecule has 0 aliphatic heterocycles. The van der Waals surface area contributed by atoms with Crippen LogP contribution in [-0.2, 0) is 0 Å². The van der Waals surface area contributed by atoms with Gasteiger partial charge in [-0.05, 0) is 36.9 Å². The number of anilines is 1. The summed E-state index contributed by atoms with van der Waals surface area (Å²) in [4.78, 5) is 27.9. The minimum atomic E-state index is -0.248. The van der Waals surface area contributed by atoms with E-state index < -0.39 is 0 Å². The second-order valence-electron chi connectivity index (χ2n) is 4.27. The number of benzene rings is 1. The highest BCUT2D eigenvalue weighted by Gasteiger charge is 2.13. The van der Waals surface area contributed by atoms with Gasteiger partial charge in [0.1, 0.15) is 10.0 Å². The zero-order valence-electron chi connectivity index (χ0n) is 11.9. The summed E-state index contributed by atoms with van der Waals surface area (Å²) in [5.74, 6) is -0.401. The molecule has 2 N–H and O–H groups in total. The molecule has 0 radical (unpaired) electrons. The lowest BCUT2D eigenvalue weighted by Crippen LogP contribution is -2.18. The van der Waals surface area contributed by atoms with E-state index in [1.807, 2.05) is 13.2 Å². The Bertz CT molecular complexity index is 683. The molecule has 0 unspecified atom stereocenters. The van der Waals surface area contributed by atoms with E-state index in [0.717, 1.165) is 9.90 Å². The Kier molecular flexibility index (Phi) is 4.98. The summed E-state index contributed by atoms with van der Waals surface area (Å²) >= 11 is 2.95. The van der Waals surface area contributed by atoms with E-state index >= 15 is 0 Å². The number of hydrogen-bond acceptors (Lipinski definition) is 5. The molecular weight excluding hydrogens is 306 g/mol. The van der Waals surface area contributed by atoms with Crippen LogP contribution in [0.25, 0.3) is 0 Å². The van der Waals surface area contributed by atoms with Crippen LogP contribution >= 0.6 is 23.1 Å². The Morgan fingerprint density at radius 3 is 2.62 bits per heavy atom. The van der Waals surface area contributed by atoms with E-state index in [9.17, 15) is 9.59 Å². The number of hydrogen-bond donors (Lipinski definition) is 2. The highest BCUT2D eigenvalue weighted by Crippen LogP contribution is 2.21. The van der Waals surface area contributed by atoms with Crippen molar-refractivity contribution in [2.24, 2.45) is 0 Å². The molecule has 0 aliphatic carbocycles. The fourth-order valence-electron chi connectivity index (χ4n) is 1.73. The predicted molar refractivity (Wildman–Crippen MR) is 86.4 cm³/mol. The van der Waals surface area contributed by atoms with E-state index in [1.165, 1.54) is 23.1 Å². The summed E-state index contributed by atoms with van der Waals surface area (Å²) < 4.78 is 0.854. The largest absolute Gasteiger partial charge is 0.355 e. The van der Waals surface area contributed by atoms with E-state index in [1.54, 1.807) is 30.6 Å². The lowest BCUT2D eigenvalue weighted by molar-refractivity contribution is 0.0962. The Morgan fingerprint density at radius 1 is 1.29 bits per heavy atom. The van der Waals surface area contributed by atoms with Crippen molar-refractivity contribution in [1.29, 1.82) is 0 Å². The third-order valence-electron chi connectivity index (χ3n) is 2.85. The Balaban J connectivity index is 2.16. The Morgan fingerprint density at radius 2 is 2.05 bits per heavy atom. The van der Waals surface area contributed by atoms with Gasteiger partial charge < -0.3 is 10.6 Å². The maximum atomic E-state index is 12.1. The Hall–Kier alpha value is -1.86. The number of thioether (sulfide) groups is 1. The molecule has 1 aromatic heterocycles. The number of aromatic nitrogens is 1. The Labute approximate surface area is 131 Å². The van der Waals surface area contributed by atoms with Crippen LogP contribution in [0.2, 0.25) is 0 Å². The molecule has 0 saturated heterocycles. The summed E-state index contributed by atoms with van der Waals surface area (Å²) in [6.45, 7) is 1.84. The normalized spacial score (nSPS) is 10.2. The van der Waals surface area contributed by atoms with Gasteiger partial charge in [0, 0.05) is 23.7 Å². The van der Waals surface area contributed by atoms with Gasteiger partial charge >= 0.3 is 0 Å². The third kappa shape index (κ3) is 3.62. The van der Waals surface area contributed by atoms with Crippen LogP contribution in [0.4, 0.5) is 5.69 Å². The summed E-state index contributed by atoms with van der Waals surface area (Å²) in [6.07, 6.45) is 1.92. The summed E-state index contributed by atoms with van der Waals surface area (Å²) in [7, 11) is 1.58. The minimum Gasteiger partial charge on any atom is -0.355 e. The van der Waals surface area contributed by atoms with Crippen molar-refractivity contribution in [3.63, 3.8) is 0 Å². The number of nitrogens with zero attached hydrogens (tertiary/aromatic N) is 1. The lowest BCUT2D eigenvalue weighted by atomic mass is 10.1. The number of aryl methyl sites for hydroxylation is 1. The van der Waals surface area contributed by atoms with Gasteiger partial charge in [0.15, 0.2) is 0 Å². The second kappa shape index (κ2) is 6.73. The van der Waals surface area contributed by atoms with Crippen LogP contribution in [0.5, 0.6) is 0 Å². The first-order chi connectivity index (χ1) is 10.0. The molecule has 2 amide bonds. The first kappa shape index (κ1) is 15.5. The molecule has 0 bridgehead atoms. The standard InChI is InChI=1S/C14H15N3O2S2/c1-8-6-9(12(18)15-2)4-5-10(8)16-13(19)11-7-21-14(17-11)20-3/h4-7H,1-3H3,(H,15,18)(H,16,19). The minimum absolute atomic E-state index is 0.153. The van der Waals surface area contributed by atoms with Crippen molar-refractivity contribution in [1.82, 2.24) is 10.3 Å². The molecule has 5 nitrogen and oxygen atoms in total. The van der Waals surface area contributed by atoms with Crippen molar-refractivity contribution in [2.45, 2.75) is 11.3 Å². The molecule has 2 aromatic rings. The number of carbonyl (C=O) groups is 2. The van der Waals surface area contributed by atoms with Gasteiger partial charge in [0.2, 0.25) is 0 Å². The number of nitrogens with one attached hydrogen (secondary N) is 2. The maximum Gasteiger partial charge on any atom is 0.275 e. The quantitative estimate of drug-likeness (QED) is 0.850. The van der Waals surface area contributed by atoms with Crippen LogP contribution < -0.4 is 10.6 Å². The molecular formula is C14H15N3O2S2. The molecule has 7 heteroatoms. The van der Waals surface area contributed by atoms with Crippen LogP contribution in [-0.4, -0.2) is 30.1 Å². The van der Waals surface area contributed by atoms with Crippen molar-refractivity contribution in [3.05, 3.63) is 40.4 Å². The van der Waals surface area contributed by atoms with Crippen LogP contribution in [0.15, 0.2) is 27.9 Å². The van der Waals surface area contributed by atoms with Crippen LogP contribution in [0.1, 0.15) is 26.4 Å². The second-order valence-corrected chi connectivity index (χ2v) is 6.18. The molecule has 2 rings (SSSR count). The average molecular weight is 321 g/mol. The maximum absolute atomic E-state index is 12.1. The van der Waals surface area contributed by atoms with Gasteiger partial charge in [0.25, 0.3) is 11.8 Å². The van der Waals surface area contributed by atoms with Gasteiger partial charge in [-0.15, -0.1) is 11.3 Å². The third-order valence-corrected chi connectivity index (χ3v) is 4.72. The monoisotopic (exact) mass is 321 g/mol. The number of carbonyl (C=O) groups excluding carboxylic acids is 2. The fourth-order valence-corrected chi connectivity index (χ4v) is 2.97. The topological polar surface area (TPSA) is 71.1 Å². The zero-order valence-corrected chi connectivity index (χ0v) is 13.5. The van der Waals surface area contributed by atoms with Crippen molar-refractivity contribution in [3.8, 4) is 0 Å². The van der Waals surface area contributed by atoms with Crippen molar-refractivity contribution in [2.75, 3.05) is 18.6 Å². The molecule has 21 heavy (non-hydrogen) atoms. The molecule has 0 fully saturated rings. The van der Waals surface area contributed by atoms with Crippen LogP contribution in [0, 0.1) is 6.92 Å². The first-order valence-electron chi connectivity index (χ1n) is 6.18. The van der Waals surface area contributed by atoms with E-state index in [-0.39, 0.29) is 11.8 Å². The van der Waals surface area contributed by atoms with E-state index in [0.29, 0.717) is 16.9 Å². The van der Waals surface area contributed by atoms with E-state index in [2.05, 4.69) is 15.6 Å². The number of amides is 2. The van der Waals surface area contributed by atoms with Crippen LogP contribution in [0.3, 0.4) is 0 Å². The van der Waals surface area contributed by atoms with Gasteiger partial charge in [0.05, 0.1) is 0 Å². The highest BCUT2D eigenvalue weighted by atomic mass is 32.2. The summed E-state index contributed by atoms with van der Waals surface area (Å²) in [5, 5.41) is 7.11. The average Bonchev–Trinajstić information content (AvgIpc) is 2.97. The number of rotatable bonds is 4. The summed E-state index contributed by atoms with van der Waals surface area (Å²) in [5.41, 5.74) is 2.46. The molecule has 0 aliphatic rings. The van der Waals surface area contributed by atoms with Crippen molar-refractivity contribution < 1.29 is 9.59 Å². The van der Waals surface area contributed by atoms with Crippen molar-refractivity contribution >= 4 is 40.6 Å². The zero-order chi connectivity index (χ0) is 15.4. The predicted octanol–water partition coefficient (Wildman–Crippen LogP) is 2.79. The molecule has 0 atom stereocenters. The smallest absolute Gasteiger partial charge is 0.275 e. The van der Waals surface area contributed by atoms with Gasteiger partial charge in [-0.1, -0.05) is 11.8 Å². The SMILES string of the molecule is CNC(=O)c1ccc(NC(=O)c2csc(SC)n2)c(C)c1. The highest BCUT2D eigenvalue weighted by molar-refractivity contribution is 8.00. The lowest BCUT2D eigenvalue weighted by Gasteiger charge is -2.09. The van der Waals surface area contributed by atoms with Gasteiger partial charge in [-0.25, -0.2) is 4.98 Å². The number of thiazole rings is 1. The first-order valence-corrected chi connectivity index (χ1v) is 8.29. The molecule has 1 aromatic carbocycles. The van der Waals surface area contributed by atoms with E-state index in [4.69, 9.17) is 0 Å².